The first-order chi connectivity index (χ1) is 4.43. The van der Waals surface area contributed by atoms with Gasteiger partial charge in [0.2, 0.25) is 0 Å². The van der Waals surface area contributed by atoms with E-state index in [2.05, 4.69) is 12.6 Å². The molecule has 54 valence electrons. The SMILES string of the molecule is C=CCc1[c-]cccc1.[Cl-].[Mg+2]. The quantitative estimate of drug-likeness (QED) is 0.303. The van der Waals surface area contributed by atoms with E-state index in [1.54, 1.807) is 0 Å². The Morgan fingerprint density at radius 2 is 2.18 bits per heavy atom. The Labute approximate surface area is 90.3 Å². The first kappa shape index (κ1) is 13.6. The van der Waals surface area contributed by atoms with Crippen molar-refractivity contribution in [1.82, 2.24) is 0 Å². The molecule has 0 nitrogen and oxygen atoms in total. The van der Waals surface area contributed by atoms with E-state index >= 15 is 0 Å². The van der Waals surface area contributed by atoms with E-state index < -0.39 is 0 Å². The number of hydrogen-bond donors (Lipinski definition) is 0. The second kappa shape index (κ2) is 8.12. The molecule has 11 heavy (non-hydrogen) atoms. The molecule has 0 atom stereocenters. The molecule has 0 N–H and O–H groups in total. The summed E-state index contributed by atoms with van der Waals surface area (Å²) in [5.41, 5.74) is 1.20. The Hall–Kier alpha value is 0.0162. The summed E-state index contributed by atoms with van der Waals surface area (Å²) in [4.78, 5) is 0. The third-order valence-corrected chi connectivity index (χ3v) is 1.14. The molecule has 0 spiro atoms. The smallest absolute Gasteiger partial charge is 1.00 e. The maximum Gasteiger partial charge on any atom is 2.00 e. The van der Waals surface area contributed by atoms with Crippen LogP contribution in [0.4, 0.5) is 0 Å². The maximum atomic E-state index is 3.64. The average Bonchev–Trinajstić information content (AvgIpc) is 1.91. The molecule has 0 aliphatic heterocycles. The van der Waals surface area contributed by atoms with E-state index in [-0.39, 0.29) is 35.5 Å². The molecule has 1 rings (SSSR count). The molecule has 0 aliphatic rings. The Bertz CT molecular complexity index is 184. The molecule has 0 unspecified atom stereocenters. The van der Waals surface area contributed by atoms with Crippen molar-refractivity contribution in [1.29, 1.82) is 0 Å². The molecule has 1 aromatic rings. The van der Waals surface area contributed by atoms with Crippen LogP contribution in [0.1, 0.15) is 5.56 Å². The van der Waals surface area contributed by atoms with E-state index in [1.165, 1.54) is 5.56 Å². The number of allylic oxidation sites excluding steroid dienone is 1. The summed E-state index contributed by atoms with van der Waals surface area (Å²) in [6.45, 7) is 3.64. The summed E-state index contributed by atoms with van der Waals surface area (Å²) >= 11 is 0. The third kappa shape index (κ3) is 5.30. The molecular formula is C9H9ClMg. The first-order valence-electron chi connectivity index (χ1n) is 3.00. The summed E-state index contributed by atoms with van der Waals surface area (Å²) in [5.74, 6) is 0. The Morgan fingerprint density at radius 1 is 1.45 bits per heavy atom. The van der Waals surface area contributed by atoms with Gasteiger partial charge in [-0.15, -0.1) is 6.58 Å². The van der Waals surface area contributed by atoms with Gasteiger partial charge in [0.1, 0.15) is 0 Å². The van der Waals surface area contributed by atoms with Gasteiger partial charge in [-0.2, -0.15) is 35.9 Å². The molecule has 0 heterocycles. The molecule has 0 radical (unpaired) electrons. The standard InChI is InChI=1S/C9H9.ClH.Mg/c1-2-6-9-7-4-3-5-8-9;;/h2-5,7H,1,6H2;1H;/q-1;;+2/p-1. The van der Waals surface area contributed by atoms with Crippen molar-refractivity contribution in [2.75, 3.05) is 0 Å². The summed E-state index contributed by atoms with van der Waals surface area (Å²) in [5, 5.41) is 0. The Morgan fingerprint density at radius 3 is 2.64 bits per heavy atom. The van der Waals surface area contributed by atoms with Crippen LogP contribution >= 0.6 is 0 Å². The van der Waals surface area contributed by atoms with Crippen LogP contribution < -0.4 is 12.4 Å². The van der Waals surface area contributed by atoms with Crippen LogP contribution in [0.15, 0.2) is 36.9 Å². The normalized spacial score (nSPS) is 7.27. The fourth-order valence-electron chi connectivity index (χ4n) is 0.713. The zero-order valence-electron chi connectivity index (χ0n) is 6.39. The third-order valence-electron chi connectivity index (χ3n) is 1.14. The van der Waals surface area contributed by atoms with Gasteiger partial charge in [0.05, 0.1) is 0 Å². The number of hydrogen-bond acceptors (Lipinski definition) is 0. The van der Waals surface area contributed by atoms with E-state index in [0.29, 0.717) is 0 Å². The van der Waals surface area contributed by atoms with Crippen molar-refractivity contribution in [3.8, 4) is 0 Å². The van der Waals surface area contributed by atoms with Crippen LogP contribution in [0.3, 0.4) is 0 Å². The van der Waals surface area contributed by atoms with Crippen molar-refractivity contribution < 1.29 is 12.4 Å². The molecular weight excluding hydrogens is 168 g/mol. The fourth-order valence-corrected chi connectivity index (χ4v) is 0.713. The van der Waals surface area contributed by atoms with Crippen LogP contribution in [0, 0.1) is 6.07 Å². The minimum Gasteiger partial charge on any atom is -1.00 e. The molecule has 0 aromatic heterocycles. The van der Waals surface area contributed by atoms with Crippen molar-refractivity contribution in [2.24, 2.45) is 0 Å². The monoisotopic (exact) mass is 176 g/mol. The second-order valence-corrected chi connectivity index (χ2v) is 1.88. The van der Waals surface area contributed by atoms with Crippen LogP contribution in [0.25, 0.3) is 0 Å². The van der Waals surface area contributed by atoms with E-state index in [9.17, 15) is 0 Å². The molecule has 2 heteroatoms. The molecule has 0 bridgehead atoms. The summed E-state index contributed by atoms with van der Waals surface area (Å²) < 4.78 is 0. The minimum atomic E-state index is 0. The number of rotatable bonds is 2. The molecule has 1 aromatic carbocycles. The Kier molecular flexibility index (Phi) is 10.0. The van der Waals surface area contributed by atoms with Crippen molar-refractivity contribution >= 4 is 23.1 Å². The van der Waals surface area contributed by atoms with Gasteiger partial charge in [-0.25, -0.2) is 0 Å². The van der Waals surface area contributed by atoms with Gasteiger partial charge < -0.3 is 12.4 Å². The predicted molar refractivity (Wildman–Crippen MR) is 44.9 cm³/mol. The largest absolute Gasteiger partial charge is 2.00 e. The average molecular weight is 177 g/mol. The van der Waals surface area contributed by atoms with Gasteiger partial charge in [-0.1, -0.05) is 6.08 Å². The van der Waals surface area contributed by atoms with Crippen LogP contribution in [-0.2, 0) is 6.42 Å². The molecule has 0 saturated heterocycles. The van der Waals surface area contributed by atoms with E-state index in [1.807, 2.05) is 30.3 Å². The molecule has 0 amide bonds. The van der Waals surface area contributed by atoms with E-state index in [4.69, 9.17) is 0 Å². The van der Waals surface area contributed by atoms with Gasteiger partial charge in [0.15, 0.2) is 0 Å². The molecule has 0 fully saturated rings. The summed E-state index contributed by atoms with van der Waals surface area (Å²) in [7, 11) is 0. The Balaban J connectivity index is 0. The zero-order valence-corrected chi connectivity index (χ0v) is 8.56. The van der Waals surface area contributed by atoms with Crippen molar-refractivity contribution in [3.63, 3.8) is 0 Å². The second-order valence-electron chi connectivity index (χ2n) is 1.88. The fraction of sp³-hybridized carbons (Fsp3) is 0.111. The molecule has 0 aliphatic carbocycles. The number of halogens is 1. The summed E-state index contributed by atoms with van der Waals surface area (Å²) in [6.07, 6.45) is 2.80. The van der Waals surface area contributed by atoms with Crippen LogP contribution in [0.2, 0.25) is 0 Å². The van der Waals surface area contributed by atoms with Gasteiger partial charge in [0, 0.05) is 0 Å². The van der Waals surface area contributed by atoms with Gasteiger partial charge in [-0.05, 0) is 6.42 Å². The summed E-state index contributed by atoms with van der Waals surface area (Å²) in [6, 6.07) is 11.0. The minimum absolute atomic E-state index is 0. The molecule has 0 saturated carbocycles. The number of benzene rings is 1. The zero-order chi connectivity index (χ0) is 6.53. The first-order valence-corrected chi connectivity index (χ1v) is 3.00. The topological polar surface area (TPSA) is 0 Å². The van der Waals surface area contributed by atoms with Gasteiger partial charge in [0.25, 0.3) is 0 Å². The van der Waals surface area contributed by atoms with Gasteiger partial charge in [-0.3, -0.25) is 0 Å². The van der Waals surface area contributed by atoms with E-state index in [0.717, 1.165) is 6.42 Å². The predicted octanol–water partition coefficient (Wildman–Crippen LogP) is -1.16. The maximum absolute atomic E-state index is 3.64. The van der Waals surface area contributed by atoms with Crippen molar-refractivity contribution in [2.45, 2.75) is 6.42 Å². The van der Waals surface area contributed by atoms with Crippen LogP contribution in [0.5, 0.6) is 0 Å². The van der Waals surface area contributed by atoms with Crippen LogP contribution in [-0.4, -0.2) is 23.1 Å². The van der Waals surface area contributed by atoms with Gasteiger partial charge >= 0.3 is 23.1 Å². The van der Waals surface area contributed by atoms with Crippen molar-refractivity contribution in [3.05, 3.63) is 48.6 Å².